The van der Waals surface area contributed by atoms with Crippen molar-refractivity contribution in [3.05, 3.63) is 17.7 Å². The molecule has 2 heterocycles. The van der Waals surface area contributed by atoms with Crippen LogP contribution >= 0.6 is 11.8 Å². The third-order valence-electron chi connectivity index (χ3n) is 2.86. The van der Waals surface area contributed by atoms with Crippen molar-refractivity contribution in [1.29, 1.82) is 0 Å². The highest BCUT2D eigenvalue weighted by Gasteiger charge is 2.17. The molecule has 1 saturated heterocycles. The van der Waals surface area contributed by atoms with E-state index in [0.29, 0.717) is 5.92 Å². The second-order valence-corrected chi connectivity index (χ2v) is 5.26. The number of likely N-dealkylation sites (N-methyl/N-ethyl adjacent to an activating group) is 1. The van der Waals surface area contributed by atoms with E-state index in [4.69, 9.17) is 0 Å². The molecule has 0 aliphatic carbocycles. The van der Waals surface area contributed by atoms with Crippen molar-refractivity contribution in [2.75, 3.05) is 25.1 Å². The molecule has 4 nitrogen and oxygen atoms in total. The number of nitrogens with zero attached hydrogens (tertiary/aromatic N) is 3. The molecule has 1 aromatic heterocycles. The Balaban J connectivity index is 2.02. The van der Waals surface area contributed by atoms with Gasteiger partial charge in [-0.3, -0.25) is 0 Å². The van der Waals surface area contributed by atoms with Gasteiger partial charge in [0.15, 0.2) is 5.82 Å². The Morgan fingerprint density at radius 3 is 3.00 bits per heavy atom. The van der Waals surface area contributed by atoms with E-state index < -0.39 is 0 Å². The molecule has 5 heteroatoms. The van der Waals surface area contributed by atoms with Gasteiger partial charge in [0.25, 0.3) is 0 Å². The summed E-state index contributed by atoms with van der Waals surface area (Å²) in [6.45, 7) is 0.908. The Morgan fingerprint density at radius 1 is 1.44 bits per heavy atom. The Labute approximate surface area is 101 Å². The summed E-state index contributed by atoms with van der Waals surface area (Å²) in [5.41, 5.74) is 1.14. The number of aromatic nitrogens is 3. The number of thioether (sulfide) groups is 1. The fourth-order valence-electron chi connectivity index (χ4n) is 1.89. The first-order valence-electron chi connectivity index (χ1n) is 5.81. The minimum absolute atomic E-state index is 0.602. The Kier molecular flexibility index (Phi) is 4.54. The predicted octanol–water partition coefficient (Wildman–Crippen LogP) is 1.24. The average Bonchev–Trinajstić information content (AvgIpc) is 2.38. The summed E-state index contributed by atoms with van der Waals surface area (Å²) in [6.07, 6.45) is 5.16. The molecule has 0 radical (unpaired) electrons. The second-order valence-electron chi connectivity index (χ2n) is 4.04. The van der Waals surface area contributed by atoms with Crippen molar-refractivity contribution in [2.45, 2.75) is 25.2 Å². The van der Waals surface area contributed by atoms with Crippen molar-refractivity contribution >= 4 is 11.8 Å². The van der Waals surface area contributed by atoms with Gasteiger partial charge in [-0.2, -0.15) is 16.9 Å². The van der Waals surface area contributed by atoms with E-state index in [1.165, 1.54) is 24.3 Å². The van der Waals surface area contributed by atoms with Crippen LogP contribution in [0.4, 0.5) is 0 Å². The standard InChI is InChI=1S/C11H18N4S/c1-12-5-2-11-14-10(8-13-15-11)9-3-6-16-7-4-9/h8-9,12H,2-7H2,1H3. The first-order valence-corrected chi connectivity index (χ1v) is 6.96. The third-order valence-corrected chi connectivity index (χ3v) is 3.91. The first-order chi connectivity index (χ1) is 7.90. The maximum absolute atomic E-state index is 4.61. The van der Waals surface area contributed by atoms with Gasteiger partial charge in [-0.15, -0.1) is 5.10 Å². The van der Waals surface area contributed by atoms with Crippen LogP contribution in [0.3, 0.4) is 0 Å². The normalized spacial score (nSPS) is 17.6. The van der Waals surface area contributed by atoms with Crippen LogP contribution in [0.5, 0.6) is 0 Å². The smallest absolute Gasteiger partial charge is 0.152 e. The molecule has 0 atom stereocenters. The lowest BCUT2D eigenvalue weighted by molar-refractivity contribution is 0.600. The van der Waals surface area contributed by atoms with Crippen molar-refractivity contribution in [3.8, 4) is 0 Å². The fourth-order valence-corrected chi connectivity index (χ4v) is 2.99. The second kappa shape index (κ2) is 6.15. The minimum Gasteiger partial charge on any atom is -0.319 e. The fraction of sp³-hybridized carbons (Fsp3) is 0.727. The summed E-state index contributed by atoms with van der Waals surface area (Å²) < 4.78 is 0. The topological polar surface area (TPSA) is 50.7 Å². The Bertz CT molecular complexity index is 326. The molecule has 0 bridgehead atoms. The van der Waals surface area contributed by atoms with E-state index in [2.05, 4.69) is 20.5 Å². The number of nitrogens with one attached hydrogen (secondary N) is 1. The first kappa shape index (κ1) is 11.8. The molecule has 1 aliphatic heterocycles. The van der Waals surface area contributed by atoms with Gasteiger partial charge in [0, 0.05) is 18.9 Å². The molecule has 1 aliphatic rings. The van der Waals surface area contributed by atoms with Crippen LogP contribution in [0.25, 0.3) is 0 Å². The van der Waals surface area contributed by atoms with Crippen LogP contribution in [0.15, 0.2) is 6.20 Å². The zero-order chi connectivity index (χ0) is 11.2. The van der Waals surface area contributed by atoms with Crippen LogP contribution < -0.4 is 5.32 Å². The van der Waals surface area contributed by atoms with Crippen LogP contribution in [-0.4, -0.2) is 40.3 Å². The Morgan fingerprint density at radius 2 is 2.25 bits per heavy atom. The highest BCUT2D eigenvalue weighted by Crippen LogP contribution is 2.29. The van der Waals surface area contributed by atoms with E-state index >= 15 is 0 Å². The van der Waals surface area contributed by atoms with Gasteiger partial charge in [0.2, 0.25) is 0 Å². The molecule has 0 amide bonds. The molecule has 1 aromatic rings. The third kappa shape index (κ3) is 3.15. The molecule has 0 unspecified atom stereocenters. The molecule has 88 valence electrons. The molecular formula is C11H18N4S. The van der Waals surface area contributed by atoms with Gasteiger partial charge in [-0.1, -0.05) is 0 Å². The Hall–Kier alpha value is -0.680. The molecular weight excluding hydrogens is 220 g/mol. The van der Waals surface area contributed by atoms with Crippen molar-refractivity contribution in [2.24, 2.45) is 0 Å². The zero-order valence-corrected chi connectivity index (χ0v) is 10.5. The van der Waals surface area contributed by atoms with E-state index in [0.717, 1.165) is 24.5 Å². The molecule has 0 spiro atoms. The van der Waals surface area contributed by atoms with E-state index in [-0.39, 0.29) is 0 Å². The molecule has 1 fully saturated rings. The van der Waals surface area contributed by atoms with Crippen molar-refractivity contribution in [1.82, 2.24) is 20.5 Å². The predicted molar refractivity (Wildman–Crippen MR) is 66.8 cm³/mol. The van der Waals surface area contributed by atoms with Crippen LogP contribution in [-0.2, 0) is 6.42 Å². The van der Waals surface area contributed by atoms with Gasteiger partial charge in [0.1, 0.15) is 0 Å². The summed E-state index contributed by atoms with van der Waals surface area (Å²) >= 11 is 2.04. The zero-order valence-electron chi connectivity index (χ0n) is 9.65. The minimum atomic E-state index is 0.602. The van der Waals surface area contributed by atoms with E-state index in [9.17, 15) is 0 Å². The van der Waals surface area contributed by atoms with Gasteiger partial charge in [-0.05, 0) is 31.4 Å². The average molecular weight is 238 g/mol. The molecule has 16 heavy (non-hydrogen) atoms. The van der Waals surface area contributed by atoms with E-state index in [1.54, 1.807) is 0 Å². The highest BCUT2D eigenvalue weighted by atomic mass is 32.2. The highest BCUT2D eigenvalue weighted by molar-refractivity contribution is 7.99. The lowest BCUT2D eigenvalue weighted by Crippen LogP contribution is -2.15. The van der Waals surface area contributed by atoms with Gasteiger partial charge in [-0.25, -0.2) is 4.98 Å². The van der Waals surface area contributed by atoms with Crippen LogP contribution in [0.2, 0.25) is 0 Å². The maximum atomic E-state index is 4.61. The summed E-state index contributed by atoms with van der Waals surface area (Å²) in [5.74, 6) is 3.97. The number of rotatable bonds is 4. The monoisotopic (exact) mass is 238 g/mol. The van der Waals surface area contributed by atoms with Gasteiger partial charge < -0.3 is 5.32 Å². The molecule has 0 saturated carbocycles. The maximum Gasteiger partial charge on any atom is 0.152 e. The summed E-state index contributed by atoms with van der Waals surface area (Å²) in [5, 5.41) is 11.2. The van der Waals surface area contributed by atoms with Crippen molar-refractivity contribution in [3.63, 3.8) is 0 Å². The van der Waals surface area contributed by atoms with Crippen LogP contribution in [0, 0.1) is 0 Å². The SMILES string of the molecule is CNCCc1nncc(C2CCSCC2)n1. The molecule has 0 aromatic carbocycles. The number of hydrogen-bond donors (Lipinski definition) is 1. The lowest BCUT2D eigenvalue weighted by Gasteiger charge is -2.20. The largest absolute Gasteiger partial charge is 0.319 e. The lowest BCUT2D eigenvalue weighted by atomic mass is 9.99. The van der Waals surface area contributed by atoms with Gasteiger partial charge in [0.05, 0.1) is 11.9 Å². The number of hydrogen-bond acceptors (Lipinski definition) is 5. The summed E-state index contributed by atoms with van der Waals surface area (Å²) in [6, 6.07) is 0. The van der Waals surface area contributed by atoms with E-state index in [1.807, 2.05) is 25.0 Å². The van der Waals surface area contributed by atoms with Crippen molar-refractivity contribution < 1.29 is 0 Å². The summed E-state index contributed by atoms with van der Waals surface area (Å²) in [7, 11) is 1.94. The van der Waals surface area contributed by atoms with Crippen LogP contribution in [0.1, 0.15) is 30.3 Å². The molecule has 2 rings (SSSR count). The quantitative estimate of drug-likeness (QED) is 0.855. The summed E-state index contributed by atoms with van der Waals surface area (Å²) in [4.78, 5) is 4.61. The van der Waals surface area contributed by atoms with Gasteiger partial charge >= 0.3 is 0 Å². The molecule has 1 N–H and O–H groups in total.